The van der Waals surface area contributed by atoms with Crippen LogP contribution in [0.3, 0.4) is 0 Å². The monoisotopic (exact) mass is 419 g/mol. The molecular formula is C19H21N3O4S2. The Labute approximate surface area is 170 Å². The maximum atomic E-state index is 12.7. The molecule has 0 fully saturated rings. The second-order valence-electron chi connectivity index (χ2n) is 6.02. The van der Waals surface area contributed by atoms with Gasteiger partial charge in [0.15, 0.2) is 5.16 Å². The number of carbonyl (C=O) groups is 1. The van der Waals surface area contributed by atoms with Crippen LogP contribution in [-0.4, -0.2) is 42.0 Å². The van der Waals surface area contributed by atoms with Gasteiger partial charge in [-0.05, 0) is 36.1 Å². The van der Waals surface area contributed by atoms with Gasteiger partial charge in [0.25, 0.3) is 5.56 Å². The van der Waals surface area contributed by atoms with Crippen molar-refractivity contribution >= 4 is 44.9 Å². The summed E-state index contributed by atoms with van der Waals surface area (Å²) in [6.45, 7) is 2.71. The number of hydrogen-bond donors (Lipinski definition) is 1. The summed E-state index contributed by atoms with van der Waals surface area (Å²) in [5, 5.41) is 5.20. The Morgan fingerprint density at radius 3 is 2.89 bits per heavy atom. The van der Waals surface area contributed by atoms with Gasteiger partial charge in [-0.15, -0.1) is 11.3 Å². The molecule has 2 aromatic heterocycles. The summed E-state index contributed by atoms with van der Waals surface area (Å²) in [4.78, 5) is 29.7. The van der Waals surface area contributed by atoms with Crippen molar-refractivity contribution in [1.82, 2.24) is 9.55 Å². The molecule has 1 aromatic carbocycles. The SMILES string of the molecule is COCCn1c(SCC(=O)Nc2cc(C)ccc2OC)nc2ccsc2c1=O. The normalized spacial score (nSPS) is 11.0. The molecule has 0 spiro atoms. The Morgan fingerprint density at radius 2 is 2.14 bits per heavy atom. The predicted octanol–water partition coefficient (Wildman–Crippen LogP) is 3.15. The molecule has 1 N–H and O–H groups in total. The number of thioether (sulfide) groups is 1. The minimum absolute atomic E-state index is 0.111. The van der Waals surface area contributed by atoms with Crippen LogP contribution < -0.4 is 15.6 Å². The van der Waals surface area contributed by atoms with E-state index in [1.807, 2.05) is 36.6 Å². The highest BCUT2D eigenvalue weighted by Gasteiger charge is 2.15. The number of anilines is 1. The molecule has 0 atom stereocenters. The van der Waals surface area contributed by atoms with E-state index >= 15 is 0 Å². The molecule has 7 nitrogen and oxygen atoms in total. The second-order valence-corrected chi connectivity index (χ2v) is 7.88. The summed E-state index contributed by atoms with van der Waals surface area (Å²) in [6.07, 6.45) is 0. The van der Waals surface area contributed by atoms with Gasteiger partial charge >= 0.3 is 0 Å². The van der Waals surface area contributed by atoms with E-state index < -0.39 is 0 Å². The number of nitrogens with zero attached hydrogens (tertiary/aromatic N) is 2. The number of amides is 1. The van der Waals surface area contributed by atoms with Crippen LogP contribution in [0, 0.1) is 6.92 Å². The molecule has 1 amide bonds. The third-order valence-corrected chi connectivity index (χ3v) is 5.88. The topological polar surface area (TPSA) is 82.4 Å². The highest BCUT2D eigenvalue weighted by molar-refractivity contribution is 7.99. The van der Waals surface area contributed by atoms with Gasteiger partial charge in [0.05, 0.1) is 37.2 Å². The summed E-state index contributed by atoms with van der Waals surface area (Å²) in [5.41, 5.74) is 2.17. The number of aryl methyl sites for hydroxylation is 1. The van der Waals surface area contributed by atoms with Crippen molar-refractivity contribution < 1.29 is 14.3 Å². The van der Waals surface area contributed by atoms with E-state index in [1.165, 1.54) is 23.1 Å². The number of thiophene rings is 1. The van der Waals surface area contributed by atoms with E-state index in [0.29, 0.717) is 40.0 Å². The van der Waals surface area contributed by atoms with Gasteiger partial charge < -0.3 is 14.8 Å². The van der Waals surface area contributed by atoms with Crippen molar-refractivity contribution in [3.63, 3.8) is 0 Å². The third kappa shape index (κ3) is 4.54. The highest BCUT2D eigenvalue weighted by atomic mass is 32.2. The largest absolute Gasteiger partial charge is 0.495 e. The van der Waals surface area contributed by atoms with Gasteiger partial charge in [-0.25, -0.2) is 4.98 Å². The first kappa shape index (κ1) is 20.4. The average Bonchev–Trinajstić information content (AvgIpc) is 3.15. The Hall–Kier alpha value is -2.36. The lowest BCUT2D eigenvalue weighted by Gasteiger charge is -2.13. The third-order valence-electron chi connectivity index (χ3n) is 4.01. The number of carbonyl (C=O) groups excluding carboxylic acids is 1. The number of ether oxygens (including phenoxy) is 2. The minimum Gasteiger partial charge on any atom is -0.495 e. The lowest BCUT2D eigenvalue weighted by Crippen LogP contribution is -2.25. The van der Waals surface area contributed by atoms with Crippen LogP contribution in [0.5, 0.6) is 5.75 Å². The smallest absolute Gasteiger partial charge is 0.272 e. The fourth-order valence-corrected chi connectivity index (χ4v) is 4.25. The summed E-state index contributed by atoms with van der Waals surface area (Å²) < 4.78 is 12.6. The fourth-order valence-electron chi connectivity index (χ4n) is 2.65. The second kappa shape index (κ2) is 9.22. The Balaban J connectivity index is 1.78. The molecule has 0 bridgehead atoms. The van der Waals surface area contributed by atoms with Gasteiger partial charge in [-0.2, -0.15) is 0 Å². The molecular weight excluding hydrogens is 398 g/mol. The molecule has 0 aliphatic carbocycles. The molecule has 9 heteroatoms. The number of rotatable bonds is 8. The molecule has 0 radical (unpaired) electrons. The summed E-state index contributed by atoms with van der Waals surface area (Å²) >= 11 is 2.59. The van der Waals surface area contributed by atoms with Crippen LogP contribution in [0.4, 0.5) is 5.69 Å². The molecule has 0 aliphatic rings. The van der Waals surface area contributed by atoms with E-state index in [9.17, 15) is 9.59 Å². The molecule has 0 saturated carbocycles. The number of aromatic nitrogens is 2. The van der Waals surface area contributed by atoms with Gasteiger partial charge in [0.2, 0.25) is 5.91 Å². The van der Waals surface area contributed by atoms with Gasteiger partial charge in [-0.3, -0.25) is 14.2 Å². The molecule has 0 aliphatic heterocycles. The quantitative estimate of drug-likeness (QED) is 0.446. The van der Waals surface area contributed by atoms with E-state index in [2.05, 4.69) is 10.3 Å². The van der Waals surface area contributed by atoms with E-state index in [-0.39, 0.29) is 17.2 Å². The van der Waals surface area contributed by atoms with Crippen LogP contribution in [0.15, 0.2) is 39.6 Å². The minimum atomic E-state index is -0.202. The summed E-state index contributed by atoms with van der Waals surface area (Å²) in [7, 11) is 3.14. The molecule has 0 saturated heterocycles. The van der Waals surface area contributed by atoms with Crippen LogP contribution >= 0.6 is 23.1 Å². The van der Waals surface area contributed by atoms with Crippen molar-refractivity contribution in [1.29, 1.82) is 0 Å². The first-order chi connectivity index (χ1) is 13.5. The van der Waals surface area contributed by atoms with Gasteiger partial charge in [-0.1, -0.05) is 17.8 Å². The lowest BCUT2D eigenvalue weighted by molar-refractivity contribution is -0.113. The van der Waals surface area contributed by atoms with Gasteiger partial charge in [0.1, 0.15) is 10.4 Å². The zero-order valence-corrected chi connectivity index (χ0v) is 17.5. The van der Waals surface area contributed by atoms with Crippen LogP contribution in [-0.2, 0) is 16.1 Å². The summed E-state index contributed by atoms with van der Waals surface area (Å²) in [6, 6.07) is 7.39. The van der Waals surface area contributed by atoms with Crippen LogP contribution in [0.25, 0.3) is 10.2 Å². The molecule has 3 aromatic rings. The van der Waals surface area contributed by atoms with Crippen molar-refractivity contribution in [3.8, 4) is 5.75 Å². The lowest BCUT2D eigenvalue weighted by atomic mass is 10.2. The van der Waals surface area contributed by atoms with E-state index in [0.717, 1.165) is 5.56 Å². The van der Waals surface area contributed by atoms with Crippen molar-refractivity contribution in [2.24, 2.45) is 0 Å². The maximum Gasteiger partial charge on any atom is 0.272 e. The molecule has 2 heterocycles. The van der Waals surface area contributed by atoms with E-state index in [1.54, 1.807) is 18.8 Å². The van der Waals surface area contributed by atoms with E-state index in [4.69, 9.17) is 9.47 Å². The zero-order valence-electron chi connectivity index (χ0n) is 15.9. The fraction of sp³-hybridized carbons (Fsp3) is 0.316. The van der Waals surface area contributed by atoms with Gasteiger partial charge in [0, 0.05) is 7.11 Å². The number of hydrogen-bond acceptors (Lipinski definition) is 7. The number of fused-ring (bicyclic) bond motifs is 1. The van der Waals surface area contributed by atoms with Crippen LogP contribution in [0.2, 0.25) is 0 Å². The zero-order chi connectivity index (χ0) is 20.1. The predicted molar refractivity (Wildman–Crippen MR) is 113 cm³/mol. The Bertz CT molecular complexity index is 1050. The summed E-state index contributed by atoms with van der Waals surface area (Å²) in [5.74, 6) is 0.511. The Morgan fingerprint density at radius 1 is 1.32 bits per heavy atom. The molecule has 148 valence electrons. The number of methoxy groups -OCH3 is 2. The molecule has 28 heavy (non-hydrogen) atoms. The first-order valence-corrected chi connectivity index (χ1v) is 10.4. The molecule has 0 unspecified atom stereocenters. The highest BCUT2D eigenvalue weighted by Crippen LogP contribution is 2.26. The standard InChI is InChI=1S/C19H21N3O4S2/c1-12-4-5-15(26-3)14(10-12)20-16(23)11-28-19-21-13-6-9-27-17(13)18(24)22(19)7-8-25-2/h4-6,9-10H,7-8,11H2,1-3H3,(H,20,23). The average molecular weight is 420 g/mol. The molecule has 3 rings (SSSR count). The van der Waals surface area contributed by atoms with Crippen molar-refractivity contribution in [3.05, 3.63) is 45.6 Å². The number of nitrogens with one attached hydrogen (secondary N) is 1. The van der Waals surface area contributed by atoms with Crippen LogP contribution in [0.1, 0.15) is 5.56 Å². The Kier molecular flexibility index (Phi) is 6.71. The van der Waals surface area contributed by atoms with Crippen molar-refractivity contribution in [2.45, 2.75) is 18.6 Å². The first-order valence-electron chi connectivity index (χ1n) is 8.57. The number of benzene rings is 1. The van der Waals surface area contributed by atoms with Crippen molar-refractivity contribution in [2.75, 3.05) is 31.9 Å². The maximum absolute atomic E-state index is 12.7.